The largest absolute Gasteiger partial charge is 0.348 e. The van der Waals surface area contributed by atoms with Gasteiger partial charge < -0.3 is 5.32 Å². The van der Waals surface area contributed by atoms with Gasteiger partial charge in [0, 0.05) is 12.1 Å². The Morgan fingerprint density at radius 1 is 0.931 bits per heavy atom. The lowest BCUT2D eigenvalue weighted by molar-refractivity contribution is 0.0951. The zero-order valence-electron chi connectivity index (χ0n) is 14.8. The Labute approximate surface area is 171 Å². The lowest BCUT2D eigenvalue weighted by Gasteiger charge is -2.12. The molecule has 150 valence electrons. The number of carbonyl (C=O) groups excluding carboxylic acids is 1. The van der Waals surface area contributed by atoms with Crippen molar-refractivity contribution in [2.24, 2.45) is 0 Å². The molecule has 0 fully saturated rings. The summed E-state index contributed by atoms with van der Waals surface area (Å²) in [5, 5.41) is 2.70. The monoisotopic (exact) mass is 436 g/mol. The standard InChI is InChI=1S/C20H15ClF2N2O3S/c21-18-9-4-14(20(26)24-12-13-2-1-3-16(23)10-13)11-19(18)25-29(27,28)17-7-5-15(22)6-8-17/h1-11,25H,12H2,(H,24,26). The quantitative estimate of drug-likeness (QED) is 0.603. The van der Waals surface area contributed by atoms with Gasteiger partial charge >= 0.3 is 0 Å². The summed E-state index contributed by atoms with van der Waals surface area (Å²) in [6.45, 7) is 0.0931. The maximum absolute atomic E-state index is 13.2. The molecule has 0 unspecified atom stereocenters. The van der Waals surface area contributed by atoms with Gasteiger partial charge in [0.05, 0.1) is 15.6 Å². The molecule has 9 heteroatoms. The van der Waals surface area contributed by atoms with Crippen LogP contribution < -0.4 is 10.0 Å². The average molecular weight is 437 g/mol. The van der Waals surface area contributed by atoms with Crippen LogP contribution in [0.1, 0.15) is 15.9 Å². The van der Waals surface area contributed by atoms with E-state index in [0.29, 0.717) is 5.56 Å². The van der Waals surface area contributed by atoms with Crippen LogP contribution in [0.4, 0.5) is 14.5 Å². The van der Waals surface area contributed by atoms with Gasteiger partial charge in [-0.2, -0.15) is 0 Å². The van der Waals surface area contributed by atoms with E-state index in [0.717, 1.165) is 24.3 Å². The predicted octanol–water partition coefficient (Wildman–Crippen LogP) is 4.35. The van der Waals surface area contributed by atoms with Crippen molar-refractivity contribution in [2.75, 3.05) is 4.72 Å². The molecule has 0 aliphatic rings. The summed E-state index contributed by atoms with van der Waals surface area (Å²) in [4.78, 5) is 12.2. The molecule has 0 spiro atoms. The minimum absolute atomic E-state index is 0.00519. The second kappa shape index (κ2) is 8.59. The molecule has 0 atom stereocenters. The first kappa shape index (κ1) is 20.8. The predicted molar refractivity (Wildman–Crippen MR) is 106 cm³/mol. The van der Waals surface area contributed by atoms with Crippen LogP contribution in [-0.4, -0.2) is 14.3 Å². The molecular formula is C20H15ClF2N2O3S. The van der Waals surface area contributed by atoms with Gasteiger partial charge in [-0.05, 0) is 60.2 Å². The number of carbonyl (C=O) groups is 1. The van der Waals surface area contributed by atoms with Gasteiger partial charge in [-0.25, -0.2) is 17.2 Å². The Morgan fingerprint density at radius 3 is 2.34 bits per heavy atom. The van der Waals surface area contributed by atoms with Gasteiger partial charge in [0.1, 0.15) is 11.6 Å². The van der Waals surface area contributed by atoms with Crippen molar-refractivity contribution in [1.29, 1.82) is 0 Å². The molecule has 5 nitrogen and oxygen atoms in total. The van der Waals surface area contributed by atoms with Gasteiger partial charge in [-0.3, -0.25) is 9.52 Å². The number of nitrogens with one attached hydrogen (secondary N) is 2. The minimum atomic E-state index is -4.03. The van der Waals surface area contributed by atoms with Gasteiger partial charge in [0.15, 0.2) is 0 Å². The van der Waals surface area contributed by atoms with Gasteiger partial charge in [-0.15, -0.1) is 0 Å². The van der Waals surface area contributed by atoms with Crippen LogP contribution in [0.5, 0.6) is 0 Å². The summed E-state index contributed by atoms with van der Waals surface area (Å²) < 4.78 is 53.4. The fourth-order valence-corrected chi connectivity index (χ4v) is 3.78. The molecule has 0 bridgehead atoms. The fraction of sp³-hybridized carbons (Fsp3) is 0.0500. The van der Waals surface area contributed by atoms with Crippen LogP contribution in [0.25, 0.3) is 0 Å². The zero-order valence-corrected chi connectivity index (χ0v) is 16.4. The van der Waals surface area contributed by atoms with E-state index < -0.39 is 27.6 Å². The first-order valence-corrected chi connectivity index (χ1v) is 10.2. The summed E-state index contributed by atoms with van der Waals surface area (Å²) in [5.74, 6) is -1.48. The second-order valence-electron chi connectivity index (χ2n) is 6.07. The van der Waals surface area contributed by atoms with Crippen molar-refractivity contribution in [2.45, 2.75) is 11.4 Å². The number of anilines is 1. The summed E-state index contributed by atoms with van der Waals surface area (Å²) in [7, 11) is -4.03. The number of hydrogen-bond acceptors (Lipinski definition) is 3. The van der Waals surface area contributed by atoms with Crippen molar-refractivity contribution in [3.63, 3.8) is 0 Å². The van der Waals surface area contributed by atoms with Crippen molar-refractivity contribution in [3.05, 3.63) is 94.5 Å². The van der Waals surface area contributed by atoms with Gasteiger partial charge in [-0.1, -0.05) is 23.7 Å². The highest BCUT2D eigenvalue weighted by Crippen LogP contribution is 2.26. The normalized spacial score (nSPS) is 11.1. The number of hydrogen-bond donors (Lipinski definition) is 2. The number of rotatable bonds is 6. The van der Waals surface area contributed by atoms with Crippen molar-refractivity contribution >= 4 is 33.2 Å². The van der Waals surface area contributed by atoms with E-state index in [9.17, 15) is 22.0 Å². The summed E-state index contributed by atoms with van der Waals surface area (Å²) in [5.41, 5.74) is 0.724. The second-order valence-corrected chi connectivity index (χ2v) is 8.16. The Balaban J connectivity index is 1.76. The zero-order chi connectivity index (χ0) is 21.0. The van der Waals surface area contributed by atoms with E-state index in [-0.39, 0.29) is 27.7 Å². The molecule has 3 rings (SSSR count). The van der Waals surface area contributed by atoms with E-state index in [1.165, 1.54) is 36.4 Å². The highest BCUT2D eigenvalue weighted by atomic mass is 35.5. The Hall–Kier alpha value is -2.97. The highest BCUT2D eigenvalue weighted by Gasteiger charge is 2.17. The Morgan fingerprint density at radius 2 is 1.66 bits per heavy atom. The molecule has 0 heterocycles. The third-order valence-corrected chi connectivity index (χ3v) is 5.65. The average Bonchev–Trinajstić information content (AvgIpc) is 2.68. The fourth-order valence-electron chi connectivity index (χ4n) is 2.49. The maximum atomic E-state index is 13.2. The number of benzene rings is 3. The molecular weight excluding hydrogens is 422 g/mol. The van der Waals surface area contributed by atoms with Gasteiger partial charge in [0.25, 0.3) is 15.9 Å². The lowest BCUT2D eigenvalue weighted by Crippen LogP contribution is -2.23. The van der Waals surface area contributed by atoms with Crippen LogP contribution in [-0.2, 0) is 16.6 Å². The third kappa shape index (κ3) is 5.30. The minimum Gasteiger partial charge on any atom is -0.348 e. The van der Waals surface area contributed by atoms with Crippen LogP contribution in [0.15, 0.2) is 71.6 Å². The van der Waals surface area contributed by atoms with E-state index >= 15 is 0 Å². The van der Waals surface area contributed by atoms with Crippen LogP contribution >= 0.6 is 11.6 Å². The molecule has 2 N–H and O–H groups in total. The Kier molecular flexibility index (Phi) is 6.14. The van der Waals surface area contributed by atoms with E-state index in [1.54, 1.807) is 6.07 Å². The summed E-state index contributed by atoms with van der Waals surface area (Å²) >= 11 is 6.05. The first-order chi connectivity index (χ1) is 13.7. The molecule has 0 aliphatic heterocycles. The molecule has 29 heavy (non-hydrogen) atoms. The summed E-state index contributed by atoms with van der Waals surface area (Å²) in [6.07, 6.45) is 0. The van der Waals surface area contributed by atoms with E-state index in [4.69, 9.17) is 11.6 Å². The SMILES string of the molecule is O=C(NCc1cccc(F)c1)c1ccc(Cl)c(NS(=O)(=O)c2ccc(F)cc2)c1. The van der Waals surface area contributed by atoms with Crippen molar-refractivity contribution in [3.8, 4) is 0 Å². The van der Waals surface area contributed by atoms with Crippen molar-refractivity contribution in [1.82, 2.24) is 5.32 Å². The van der Waals surface area contributed by atoms with Crippen LogP contribution in [0, 0.1) is 11.6 Å². The molecule has 0 saturated heterocycles. The molecule has 1 amide bonds. The van der Waals surface area contributed by atoms with Crippen LogP contribution in [0.2, 0.25) is 5.02 Å². The topological polar surface area (TPSA) is 75.3 Å². The molecule has 3 aromatic rings. The number of sulfonamides is 1. The molecule has 0 aliphatic carbocycles. The maximum Gasteiger partial charge on any atom is 0.261 e. The molecule has 0 saturated carbocycles. The molecule has 0 aromatic heterocycles. The number of amides is 1. The molecule has 0 radical (unpaired) electrons. The summed E-state index contributed by atoms with van der Waals surface area (Å²) in [6, 6.07) is 14.1. The van der Waals surface area contributed by atoms with Crippen LogP contribution in [0.3, 0.4) is 0 Å². The highest BCUT2D eigenvalue weighted by molar-refractivity contribution is 7.92. The smallest absolute Gasteiger partial charge is 0.261 e. The van der Waals surface area contributed by atoms with E-state index in [1.807, 2.05) is 0 Å². The molecule has 3 aromatic carbocycles. The van der Waals surface area contributed by atoms with E-state index in [2.05, 4.69) is 10.0 Å². The van der Waals surface area contributed by atoms with Gasteiger partial charge in [0.2, 0.25) is 0 Å². The third-order valence-electron chi connectivity index (χ3n) is 3.94. The first-order valence-electron chi connectivity index (χ1n) is 8.35. The lowest BCUT2D eigenvalue weighted by atomic mass is 10.1. The number of halogens is 3. The Bertz CT molecular complexity index is 1150. The van der Waals surface area contributed by atoms with Crippen molar-refractivity contribution < 1.29 is 22.0 Å².